The Labute approximate surface area is 103 Å². The normalized spacial score (nSPS) is 12.1. The fourth-order valence-corrected chi connectivity index (χ4v) is 2.65. The Morgan fingerprint density at radius 3 is 2.65 bits per heavy atom. The van der Waals surface area contributed by atoms with E-state index in [0.717, 1.165) is 16.2 Å². The number of aryl methyl sites for hydroxylation is 1. The molecule has 1 atom stereocenters. The Morgan fingerprint density at radius 1 is 1.24 bits per heavy atom. The van der Waals surface area contributed by atoms with Crippen molar-refractivity contribution in [3.63, 3.8) is 0 Å². The molecule has 2 rings (SSSR count). The van der Waals surface area contributed by atoms with Crippen molar-refractivity contribution in [2.24, 2.45) is 0 Å². The summed E-state index contributed by atoms with van der Waals surface area (Å²) in [5.74, 6) is 0.768. The minimum atomic E-state index is -1.24. The van der Waals surface area contributed by atoms with Crippen LogP contribution in [-0.4, -0.2) is 16.3 Å². The SMILES string of the molecule is COc1ccc(S(=O)c2ccccn2)c(C)c1. The second kappa shape index (κ2) is 5.10. The number of rotatable bonds is 3. The Balaban J connectivity index is 2.38. The molecule has 0 radical (unpaired) electrons. The minimum absolute atomic E-state index is 0.570. The van der Waals surface area contributed by atoms with E-state index in [1.54, 1.807) is 19.4 Å². The van der Waals surface area contributed by atoms with E-state index < -0.39 is 10.8 Å². The van der Waals surface area contributed by atoms with Crippen LogP contribution in [0.1, 0.15) is 5.56 Å². The van der Waals surface area contributed by atoms with Crippen molar-refractivity contribution >= 4 is 10.8 Å². The van der Waals surface area contributed by atoms with E-state index in [-0.39, 0.29) is 0 Å². The van der Waals surface area contributed by atoms with Crippen LogP contribution in [0.2, 0.25) is 0 Å². The first kappa shape index (κ1) is 11.8. The standard InChI is InChI=1S/C13H13NO2S/c1-10-9-11(16-2)6-7-12(10)17(15)13-5-3-4-8-14-13/h3-9H,1-2H3. The van der Waals surface area contributed by atoms with Crippen molar-refractivity contribution in [1.29, 1.82) is 0 Å². The topological polar surface area (TPSA) is 39.2 Å². The predicted octanol–water partition coefficient (Wildman–Crippen LogP) is 2.57. The van der Waals surface area contributed by atoms with Crippen molar-refractivity contribution < 1.29 is 8.95 Å². The van der Waals surface area contributed by atoms with Crippen molar-refractivity contribution in [2.45, 2.75) is 16.8 Å². The van der Waals surface area contributed by atoms with Gasteiger partial charge in [0.05, 0.1) is 7.11 Å². The summed E-state index contributed by atoms with van der Waals surface area (Å²) in [5, 5.41) is 0.570. The highest BCUT2D eigenvalue weighted by molar-refractivity contribution is 7.85. The summed E-state index contributed by atoms with van der Waals surface area (Å²) < 4.78 is 17.4. The van der Waals surface area contributed by atoms with Gasteiger partial charge in [-0.05, 0) is 42.8 Å². The third-order valence-corrected chi connectivity index (χ3v) is 3.89. The molecule has 1 heterocycles. The van der Waals surface area contributed by atoms with E-state index in [9.17, 15) is 4.21 Å². The van der Waals surface area contributed by atoms with Gasteiger partial charge in [0, 0.05) is 11.1 Å². The van der Waals surface area contributed by atoms with Gasteiger partial charge in [-0.2, -0.15) is 0 Å². The molecular formula is C13H13NO2S. The van der Waals surface area contributed by atoms with Gasteiger partial charge < -0.3 is 4.74 Å². The lowest BCUT2D eigenvalue weighted by Gasteiger charge is -2.07. The van der Waals surface area contributed by atoms with Gasteiger partial charge in [0.15, 0.2) is 0 Å². The third kappa shape index (κ3) is 2.53. The van der Waals surface area contributed by atoms with E-state index in [1.165, 1.54) is 0 Å². The van der Waals surface area contributed by atoms with Crippen LogP contribution >= 0.6 is 0 Å². The number of methoxy groups -OCH3 is 1. The summed E-state index contributed by atoms with van der Waals surface area (Å²) in [7, 11) is 0.380. The van der Waals surface area contributed by atoms with E-state index in [1.807, 2.05) is 37.3 Å². The molecular weight excluding hydrogens is 234 g/mol. The summed E-state index contributed by atoms with van der Waals surface area (Å²) in [4.78, 5) is 4.88. The predicted molar refractivity (Wildman–Crippen MR) is 66.6 cm³/mol. The molecule has 0 aliphatic rings. The number of aromatic nitrogens is 1. The maximum Gasteiger partial charge on any atom is 0.132 e. The molecule has 0 amide bonds. The molecule has 0 N–H and O–H groups in total. The molecule has 0 fully saturated rings. The van der Waals surface area contributed by atoms with Crippen LogP contribution in [0.15, 0.2) is 52.5 Å². The van der Waals surface area contributed by atoms with Crippen LogP contribution in [0.4, 0.5) is 0 Å². The lowest BCUT2D eigenvalue weighted by atomic mass is 10.2. The number of hydrogen-bond acceptors (Lipinski definition) is 3. The molecule has 2 aromatic rings. The summed E-state index contributed by atoms with van der Waals surface area (Å²) >= 11 is 0. The molecule has 17 heavy (non-hydrogen) atoms. The molecule has 0 spiro atoms. The summed E-state index contributed by atoms with van der Waals surface area (Å²) in [6, 6.07) is 10.9. The molecule has 1 aromatic heterocycles. The van der Waals surface area contributed by atoms with Gasteiger partial charge in [0.25, 0.3) is 0 Å². The quantitative estimate of drug-likeness (QED) is 0.836. The van der Waals surface area contributed by atoms with E-state index in [2.05, 4.69) is 4.98 Å². The van der Waals surface area contributed by atoms with Crippen LogP contribution in [0.3, 0.4) is 0 Å². The zero-order chi connectivity index (χ0) is 12.3. The van der Waals surface area contributed by atoms with Gasteiger partial charge in [0.2, 0.25) is 0 Å². The number of ether oxygens (including phenoxy) is 1. The first-order chi connectivity index (χ1) is 8.22. The number of nitrogens with zero attached hydrogens (tertiary/aromatic N) is 1. The molecule has 1 aromatic carbocycles. The molecule has 0 aliphatic carbocycles. The lowest BCUT2D eigenvalue weighted by molar-refractivity contribution is 0.414. The maximum absolute atomic E-state index is 12.3. The Morgan fingerprint density at radius 2 is 2.06 bits per heavy atom. The van der Waals surface area contributed by atoms with Crippen molar-refractivity contribution in [3.8, 4) is 5.75 Å². The minimum Gasteiger partial charge on any atom is -0.497 e. The largest absolute Gasteiger partial charge is 0.497 e. The van der Waals surface area contributed by atoms with E-state index in [4.69, 9.17) is 4.74 Å². The van der Waals surface area contributed by atoms with Crippen molar-refractivity contribution in [2.75, 3.05) is 7.11 Å². The number of benzene rings is 1. The second-order valence-electron chi connectivity index (χ2n) is 3.57. The molecule has 1 unspecified atom stereocenters. The van der Waals surface area contributed by atoms with Crippen LogP contribution in [0.5, 0.6) is 5.75 Å². The highest BCUT2D eigenvalue weighted by Gasteiger charge is 2.11. The Hall–Kier alpha value is -1.68. The lowest BCUT2D eigenvalue weighted by Crippen LogP contribution is -1.98. The van der Waals surface area contributed by atoms with Gasteiger partial charge in [-0.25, -0.2) is 9.19 Å². The van der Waals surface area contributed by atoms with Gasteiger partial charge >= 0.3 is 0 Å². The average molecular weight is 247 g/mol. The monoisotopic (exact) mass is 247 g/mol. The van der Waals surface area contributed by atoms with Crippen molar-refractivity contribution in [3.05, 3.63) is 48.2 Å². The molecule has 0 aliphatic heterocycles. The van der Waals surface area contributed by atoms with E-state index >= 15 is 0 Å². The fourth-order valence-electron chi connectivity index (χ4n) is 1.53. The van der Waals surface area contributed by atoms with Crippen LogP contribution in [-0.2, 0) is 10.8 Å². The second-order valence-corrected chi connectivity index (χ2v) is 4.96. The highest BCUT2D eigenvalue weighted by atomic mass is 32.2. The molecule has 88 valence electrons. The van der Waals surface area contributed by atoms with Crippen LogP contribution in [0.25, 0.3) is 0 Å². The molecule has 0 bridgehead atoms. The van der Waals surface area contributed by atoms with Gasteiger partial charge in [-0.3, -0.25) is 0 Å². The smallest absolute Gasteiger partial charge is 0.132 e. The first-order valence-electron chi connectivity index (χ1n) is 5.20. The zero-order valence-electron chi connectivity index (χ0n) is 9.71. The molecule has 0 saturated heterocycles. The Kier molecular flexibility index (Phi) is 3.54. The first-order valence-corrected chi connectivity index (χ1v) is 6.35. The number of pyridine rings is 1. The van der Waals surface area contributed by atoms with Crippen LogP contribution < -0.4 is 4.74 Å². The van der Waals surface area contributed by atoms with Gasteiger partial charge in [0.1, 0.15) is 21.6 Å². The fraction of sp³-hybridized carbons (Fsp3) is 0.154. The highest BCUT2D eigenvalue weighted by Crippen LogP contribution is 2.22. The van der Waals surface area contributed by atoms with Gasteiger partial charge in [-0.1, -0.05) is 6.07 Å². The summed E-state index contributed by atoms with van der Waals surface area (Å²) in [6.07, 6.45) is 1.64. The molecule has 4 heteroatoms. The number of hydrogen-bond donors (Lipinski definition) is 0. The van der Waals surface area contributed by atoms with Gasteiger partial charge in [-0.15, -0.1) is 0 Å². The van der Waals surface area contributed by atoms with Crippen molar-refractivity contribution in [1.82, 2.24) is 4.98 Å². The van der Waals surface area contributed by atoms with E-state index in [0.29, 0.717) is 5.03 Å². The third-order valence-electron chi connectivity index (χ3n) is 2.41. The Bertz CT molecular complexity index is 540. The maximum atomic E-state index is 12.3. The summed E-state index contributed by atoms with van der Waals surface area (Å²) in [6.45, 7) is 1.92. The molecule has 3 nitrogen and oxygen atoms in total. The summed E-state index contributed by atoms with van der Waals surface area (Å²) in [5.41, 5.74) is 0.938. The zero-order valence-corrected chi connectivity index (χ0v) is 10.5. The molecule has 0 saturated carbocycles. The van der Waals surface area contributed by atoms with Crippen LogP contribution in [0, 0.1) is 6.92 Å². The average Bonchev–Trinajstić information content (AvgIpc) is 2.39.